The van der Waals surface area contributed by atoms with Crippen LogP contribution in [0.3, 0.4) is 0 Å². The lowest BCUT2D eigenvalue weighted by molar-refractivity contribution is -0.151. The summed E-state index contributed by atoms with van der Waals surface area (Å²) in [5.74, 6) is -1.99. The quantitative estimate of drug-likeness (QED) is 0.159. The van der Waals surface area contributed by atoms with Crippen LogP contribution < -0.4 is 0 Å². The van der Waals surface area contributed by atoms with Crippen molar-refractivity contribution >= 4 is 11.9 Å². The SMILES string of the molecule is C=CCOC(=O)CC(CCCCCCCCCCC/C=C/CCC)C(=O)O. The van der Waals surface area contributed by atoms with Gasteiger partial charge in [-0.1, -0.05) is 89.5 Å². The van der Waals surface area contributed by atoms with E-state index in [1.165, 1.54) is 63.9 Å². The van der Waals surface area contributed by atoms with Crippen LogP contribution in [0.5, 0.6) is 0 Å². The molecule has 27 heavy (non-hydrogen) atoms. The van der Waals surface area contributed by atoms with Crippen LogP contribution in [-0.4, -0.2) is 23.7 Å². The second-order valence-electron chi connectivity index (χ2n) is 7.23. The molecule has 0 heterocycles. The summed E-state index contributed by atoms with van der Waals surface area (Å²) in [4.78, 5) is 22.8. The Morgan fingerprint density at radius 1 is 0.926 bits per heavy atom. The second-order valence-corrected chi connectivity index (χ2v) is 7.23. The van der Waals surface area contributed by atoms with Gasteiger partial charge in [-0.2, -0.15) is 0 Å². The molecule has 0 rings (SSSR count). The topological polar surface area (TPSA) is 63.6 Å². The van der Waals surface area contributed by atoms with E-state index >= 15 is 0 Å². The molecule has 1 atom stereocenters. The lowest BCUT2D eigenvalue weighted by Crippen LogP contribution is -2.19. The number of carbonyl (C=O) groups excluding carboxylic acids is 1. The fourth-order valence-electron chi connectivity index (χ4n) is 3.02. The van der Waals surface area contributed by atoms with E-state index in [2.05, 4.69) is 25.7 Å². The molecule has 4 heteroatoms. The molecule has 1 N–H and O–H groups in total. The lowest BCUT2D eigenvalue weighted by Gasteiger charge is -2.11. The number of carboxylic acids is 1. The number of rotatable bonds is 19. The molecule has 0 fully saturated rings. The summed E-state index contributed by atoms with van der Waals surface area (Å²) in [5.41, 5.74) is 0. The van der Waals surface area contributed by atoms with Crippen molar-refractivity contribution in [2.45, 2.75) is 96.8 Å². The number of hydrogen-bond acceptors (Lipinski definition) is 3. The summed E-state index contributed by atoms with van der Waals surface area (Å²) in [6.07, 6.45) is 21.0. The van der Waals surface area contributed by atoms with E-state index in [4.69, 9.17) is 4.74 Å². The molecular weight excluding hydrogens is 340 g/mol. The molecule has 0 aromatic heterocycles. The van der Waals surface area contributed by atoms with Gasteiger partial charge in [0.25, 0.3) is 0 Å². The summed E-state index contributed by atoms with van der Waals surface area (Å²) in [6.45, 7) is 5.81. The smallest absolute Gasteiger partial charge is 0.307 e. The first kappa shape index (κ1) is 25.4. The Kier molecular flexibility index (Phi) is 18.1. The maximum Gasteiger partial charge on any atom is 0.307 e. The number of ether oxygens (including phenoxy) is 1. The van der Waals surface area contributed by atoms with Gasteiger partial charge in [-0.3, -0.25) is 9.59 Å². The zero-order chi connectivity index (χ0) is 20.2. The third-order valence-corrected chi connectivity index (χ3v) is 4.67. The normalized spacial score (nSPS) is 12.2. The molecule has 4 nitrogen and oxygen atoms in total. The number of hydrogen-bond donors (Lipinski definition) is 1. The number of carbonyl (C=O) groups is 2. The Hall–Kier alpha value is -1.58. The molecule has 0 saturated carbocycles. The highest BCUT2D eigenvalue weighted by molar-refractivity contribution is 5.78. The Morgan fingerprint density at radius 2 is 1.48 bits per heavy atom. The molecule has 0 aromatic rings. The van der Waals surface area contributed by atoms with Crippen LogP contribution in [-0.2, 0) is 14.3 Å². The molecule has 0 radical (unpaired) electrons. The fourth-order valence-corrected chi connectivity index (χ4v) is 3.02. The van der Waals surface area contributed by atoms with Gasteiger partial charge in [0, 0.05) is 0 Å². The number of carboxylic acid groups (broad SMARTS) is 1. The van der Waals surface area contributed by atoms with Crippen molar-refractivity contribution in [1.82, 2.24) is 0 Å². The minimum Gasteiger partial charge on any atom is -0.481 e. The molecule has 0 spiro atoms. The number of aliphatic carboxylic acids is 1. The van der Waals surface area contributed by atoms with Crippen molar-refractivity contribution in [3.05, 3.63) is 24.8 Å². The monoisotopic (exact) mass is 380 g/mol. The first-order chi connectivity index (χ1) is 13.1. The van der Waals surface area contributed by atoms with Crippen molar-refractivity contribution in [3.8, 4) is 0 Å². The lowest BCUT2D eigenvalue weighted by atomic mass is 9.97. The zero-order valence-electron chi connectivity index (χ0n) is 17.3. The van der Waals surface area contributed by atoms with Gasteiger partial charge in [0.2, 0.25) is 0 Å². The van der Waals surface area contributed by atoms with Gasteiger partial charge in [0.1, 0.15) is 6.61 Å². The molecule has 0 aliphatic rings. The molecule has 156 valence electrons. The first-order valence-electron chi connectivity index (χ1n) is 10.8. The van der Waals surface area contributed by atoms with E-state index in [9.17, 15) is 14.7 Å². The van der Waals surface area contributed by atoms with Crippen LogP contribution in [0.15, 0.2) is 24.8 Å². The van der Waals surface area contributed by atoms with E-state index in [0.29, 0.717) is 6.42 Å². The average molecular weight is 381 g/mol. The molecule has 0 bridgehead atoms. The van der Waals surface area contributed by atoms with E-state index in [1.54, 1.807) is 0 Å². The van der Waals surface area contributed by atoms with Gasteiger partial charge in [-0.15, -0.1) is 0 Å². The Balaban J connectivity index is 3.53. The second kappa shape index (κ2) is 19.2. The predicted octanol–water partition coefficient (Wildman–Crippen LogP) is 6.45. The van der Waals surface area contributed by atoms with Crippen molar-refractivity contribution in [3.63, 3.8) is 0 Å². The number of allylic oxidation sites excluding steroid dienone is 2. The van der Waals surface area contributed by atoms with E-state index in [-0.39, 0.29) is 13.0 Å². The van der Waals surface area contributed by atoms with E-state index in [1.807, 2.05) is 0 Å². The third-order valence-electron chi connectivity index (χ3n) is 4.67. The van der Waals surface area contributed by atoms with Crippen LogP contribution in [0.1, 0.15) is 96.8 Å². The van der Waals surface area contributed by atoms with Gasteiger partial charge >= 0.3 is 11.9 Å². The molecule has 0 aromatic carbocycles. The third kappa shape index (κ3) is 17.6. The Bertz CT molecular complexity index is 415. The highest BCUT2D eigenvalue weighted by Crippen LogP contribution is 2.17. The van der Waals surface area contributed by atoms with Crippen LogP contribution >= 0.6 is 0 Å². The highest BCUT2D eigenvalue weighted by atomic mass is 16.5. The number of unbranched alkanes of at least 4 members (excludes halogenated alkanes) is 10. The maximum atomic E-state index is 11.5. The summed E-state index contributed by atoms with van der Waals surface area (Å²) < 4.78 is 4.87. The van der Waals surface area contributed by atoms with Gasteiger partial charge < -0.3 is 9.84 Å². The van der Waals surface area contributed by atoms with Crippen LogP contribution in [0.4, 0.5) is 0 Å². The number of esters is 1. The van der Waals surface area contributed by atoms with Gasteiger partial charge in [0.15, 0.2) is 0 Å². The van der Waals surface area contributed by atoms with Crippen molar-refractivity contribution in [1.29, 1.82) is 0 Å². The zero-order valence-corrected chi connectivity index (χ0v) is 17.3. The standard InChI is InChI=1S/C23H40O4/c1-3-5-6-7-8-9-10-11-12-13-14-15-16-17-18-21(23(25)26)20-22(24)27-19-4-2/h4,6-7,21H,2-3,5,8-20H2,1H3,(H,25,26)/b7-6+. The minimum absolute atomic E-state index is 0.0448. The predicted molar refractivity (Wildman–Crippen MR) is 112 cm³/mol. The Morgan fingerprint density at radius 3 is 2.04 bits per heavy atom. The summed E-state index contributed by atoms with van der Waals surface area (Å²) in [5, 5.41) is 9.22. The molecular formula is C23H40O4. The van der Waals surface area contributed by atoms with Gasteiger partial charge in [-0.25, -0.2) is 0 Å². The maximum absolute atomic E-state index is 11.5. The Labute approximate surface area is 166 Å². The van der Waals surface area contributed by atoms with Crippen LogP contribution in [0, 0.1) is 5.92 Å². The molecule has 0 aliphatic carbocycles. The molecule has 1 unspecified atom stereocenters. The van der Waals surface area contributed by atoms with E-state index in [0.717, 1.165) is 19.3 Å². The molecule has 0 aliphatic heterocycles. The van der Waals surface area contributed by atoms with E-state index < -0.39 is 17.9 Å². The van der Waals surface area contributed by atoms with Crippen molar-refractivity contribution in [2.24, 2.45) is 5.92 Å². The summed E-state index contributed by atoms with van der Waals surface area (Å²) in [6, 6.07) is 0. The summed E-state index contributed by atoms with van der Waals surface area (Å²) in [7, 11) is 0. The summed E-state index contributed by atoms with van der Waals surface area (Å²) >= 11 is 0. The average Bonchev–Trinajstić information content (AvgIpc) is 2.65. The molecule has 0 amide bonds. The van der Waals surface area contributed by atoms with Crippen LogP contribution in [0.25, 0.3) is 0 Å². The minimum atomic E-state index is -0.907. The molecule has 0 saturated heterocycles. The largest absolute Gasteiger partial charge is 0.481 e. The first-order valence-corrected chi connectivity index (χ1v) is 10.8. The van der Waals surface area contributed by atoms with Gasteiger partial charge in [-0.05, 0) is 25.7 Å². The highest BCUT2D eigenvalue weighted by Gasteiger charge is 2.21. The van der Waals surface area contributed by atoms with Crippen molar-refractivity contribution in [2.75, 3.05) is 6.61 Å². The van der Waals surface area contributed by atoms with Crippen molar-refractivity contribution < 1.29 is 19.4 Å². The fraction of sp³-hybridized carbons (Fsp3) is 0.739. The van der Waals surface area contributed by atoms with Gasteiger partial charge in [0.05, 0.1) is 12.3 Å². The van der Waals surface area contributed by atoms with Crippen LogP contribution in [0.2, 0.25) is 0 Å².